The Labute approximate surface area is 170 Å². The van der Waals surface area contributed by atoms with E-state index in [4.69, 9.17) is 9.15 Å². The number of ether oxygens (including phenoxy) is 1. The highest BCUT2D eigenvalue weighted by molar-refractivity contribution is 5.55. The van der Waals surface area contributed by atoms with Gasteiger partial charge in [-0.2, -0.15) is 0 Å². The van der Waals surface area contributed by atoms with Crippen LogP contribution in [0.25, 0.3) is 11.6 Å². The largest absolute Gasteiger partial charge is 0.483 e. The summed E-state index contributed by atoms with van der Waals surface area (Å²) in [5.74, 6) is 0.360. The Balaban J connectivity index is 1.65. The van der Waals surface area contributed by atoms with Crippen LogP contribution in [0.4, 0.5) is 4.39 Å². The van der Waals surface area contributed by atoms with Crippen LogP contribution in [-0.4, -0.2) is 25.0 Å². The maximum Gasteiger partial charge on any atom is 0.270 e. The first-order chi connectivity index (χ1) is 14.6. The van der Waals surface area contributed by atoms with Crippen LogP contribution in [0.5, 0.6) is 5.75 Å². The molecule has 0 aliphatic rings. The topological polar surface area (TPSA) is 98.6 Å². The molecule has 0 spiro atoms. The first-order valence-electron chi connectivity index (χ1n) is 9.11. The van der Waals surface area contributed by atoms with Crippen LogP contribution in [0.3, 0.4) is 0 Å². The van der Waals surface area contributed by atoms with Gasteiger partial charge in [0.1, 0.15) is 12.4 Å². The molecule has 0 unspecified atom stereocenters. The Kier molecular flexibility index (Phi) is 5.51. The van der Waals surface area contributed by atoms with Crippen LogP contribution in [0.1, 0.15) is 17.0 Å². The number of halogens is 1. The van der Waals surface area contributed by atoms with Crippen molar-refractivity contribution in [3.05, 3.63) is 89.2 Å². The van der Waals surface area contributed by atoms with Gasteiger partial charge in [0.2, 0.25) is 11.4 Å². The summed E-state index contributed by atoms with van der Waals surface area (Å²) in [6.07, 6.45) is 1.80. The Morgan fingerprint density at radius 1 is 1.07 bits per heavy atom. The quantitative estimate of drug-likeness (QED) is 0.390. The summed E-state index contributed by atoms with van der Waals surface area (Å²) in [6.45, 7) is 0.235. The fourth-order valence-corrected chi connectivity index (χ4v) is 2.85. The van der Waals surface area contributed by atoms with E-state index in [1.807, 2.05) is 30.3 Å². The van der Waals surface area contributed by atoms with Gasteiger partial charge in [-0.1, -0.05) is 47.6 Å². The molecule has 2 aromatic carbocycles. The van der Waals surface area contributed by atoms with E-state index in [-0.39, 0.29) is 35.2 Å². The maximum absolute atomic E-state index is 13.1. The van der Waals surface area contributed by atoms with Crippen molar-refractivity contribution in [1.29, 1.82) is 0 Å². The number of benzene rings is 2. The number of hydrogen-bond acceptors (Lipinski definition) is 7. The Bertz CT molecular complexity index is 1200. The highest BCUT2D eigenvalue weighted by Gasteiger charge is 2.19. The van der Waals surface area contributed by atoms with Crippen molar-refractivity contribution < 1.29 is 18.8 Å². The second kappa shape index (κ2) is 8.56. The maximum atomic E-state index is 13.1. The normalized spacial score (nSPS) is 11.6. The highest BCUT2D eigenvalue weighted by Crippen LogP contribution is 2.25. The van der Waals surface area contributed by atoms with E-state index in [0.29, 0.717) is 12.3 Å². The van der Waals surface area contributed by atoms with Gasteiger partial charge < -0.3 is 18.9 Å². The van der Waals surface area contributed by atoms with Crippen LogP contribution < -0.4 is 10.2 Å². The molecule has 0 saturated carbocycles. The Hall–Kier alpha value is -4.01. The molecule has 0 fully saturated rings. The van der Waals surface area contributed by atoms with Gasteiger partial charge in [0.05, 0.1) is 12.7 Å². The smallest absolute Gasteiger partial charge is 0.270 e. The van der Waals surface area contributed by atoms with Crippen LogP contribution >= 0.6 is 0 Å². The molecule has 0 aliphatic heterocycles. The zero-order chi connectivity index (χ0) is 20.9. The van der Waals surface area contributed by atoms with Gasteiger partial charge in [-0.15, -0.1) is 10.2 Å². The average molecular weight is 407 g/mol. The summed E-state index contributed by atoms with van der Waals surface area (Å²) in [5.41, 5.74) is 2.18. The zero-order valence-corrected chi connectivity index (χ0v) is 16.1. The van der Waals surface area contributed by atoms with Crippen LogP contribution in [-0.2, 0) is 20.1 Å². The Morgan fingerprint density at radius 2 is 1.83 bits per heavy atom. The van der Waals surface area contributed by atoms with Crippen molar-refractivity contribution >= 4 is 0 Å². The molecule has 0 saturated heterocycles. The summed E-state index contributed by atoms with van der Waals surface area (Å²) < 4.78 is 26.3. The lowest BCUT2D eigenvalue weighted by molar-refractivity contribution is 0.266. The molecule has 2 aromatic heterocycles. The van der Waals surface area contributed by atoms with Crippen LogP contribution in [0.15, 0.2) is 70.5 Å². The zero-order valence-electron chi connectivity index (χ0n) is 16.1. The van der Waals surface area contributed by atoms with E-state index in [0.717, 1.165) is 11.1 Å². The summed E-state index contributed by atoms with van der Waals surface area (Å²) >= 11 is 0. The molecule has 0 radical (unpaired) electrons. The number of rotatable bonds is 6. The second-order valence-electron chi connectivity index (χ2n) is 6.54. The number of nitrogens with zero attached hydrogens (tertiary/aromatic N) is 5. The van der Waals surface area contributed by atoms with Gasteiger partial charge in [0, 0.05) is 7.05 Å². The third-order valence-electron chi connectivity index (χ3n) is 4.37. The molecule has 9 heteroatoms. The summed E-state index contributed by atoms with van der Waals surface area (Å²) in [4.78, 5) is 4.32. The van der Waals surface area contributed by atoms with E-state index in [9.17, 15) is 9.60 Å². The molecule has 4 aromatic rings. The monoisotopic (exact) mass is 407 g/mol. The van der Waals surface area contributed by atoms with Crippen molar-refractivity contribution in [2.24, 2.45) is 12.2 Å². The molecule has 152 valence electrons. The standard InChI is InChI=1S/C21H18FN5O3/c1-27-13-23-18(19(20(27)26-28)29-12-15-5-3-2-4-6-15)21-25-24-17(30-21)11-14-7-9-16(22)10-8-14/h2-10,13,28H,11-12H2,1H3. The van der Waals surface area contributed by atoms with E-state index in [1.54, 1.807) is 19.2 Å². The first-order valence-corrected chi connectivity index (χ1v) is 9.11. The van der Waals surface area contributed by atoms with Gasteiger partial charge in [-0.25, -0.2) is 9.37 Å². The number of hydrogen-bond donors (Lipinski definition) is 1. The van der Waals surface area contributed by atoms with Crippen molar-refractivity contribution in [1.82, 2.24) is 19.7 Å². The van der Waals surface area contributed by atoms with Crippen molar-refractivity contribution in [2.45, 2.75) is 13.0 Å². The lowest BCUT2D eigenvalue weighted by Crippen LogP contribution is -2.22. The molecule has 0 bridgehead atoms. The number of aromatic nitrogens is 4. The third kappa shape index (κ3) is 4.19. The van der Waals surface area contributed by atoms with E-state index >= 15 is 0 Å². The van der Waals surface area contributed by atoms with E-state index in [1.165, 1.54) is 23.0 Å². The molecule has 0 aliphatic carbocycles. The Morgan fingerprint density at radius 3 is 2.57 bits per heavy atom. The van der Waals surface area contributed by atoms with Gasteiger partial charge in [-0.3, -0.25) is 0 Å². The minimum atomic E-state index is -0.313. The predicted molar refractivity (Wildman–Crippen MR) is 104 cm³/mol. The molecule has 1 N–H and O–H groups in total. The summed E-state index contributed by atoms with van der Waals surface area (Å²) in [5, 5.41) is 20.9. The fraction of sp³-hybridized carbons (Fsp3) is 0.143. The van der Waals surface area contributed by atoms with Crippen molar-refractivity contribution in [2.75, 3.05) is 0 Å². The first kappa shape index (κ1) is 19.3. The SMILES string of the molecule is Cn1cnc(-c2nnc(Cc3ccc(F)cc3)o2)c(OCc2ccccc2)c1=NO. The molecular formula is C21H18FN5O3. The molecular weight excluding hydrogens is 389 g/mol. The average Bonchev–Trinajstić information content (AvgIpc) is 3.23. The minimum absolute atomic E-state index is 0.126. The van der Waals surface area contributed by atoms with Gasteiger partial charge in [0.25, 0.3) is 5.89 Å². The van der Waals surface area contributed by atoms with E-state index < -0.39 is 0 Å². The van der Waals surface area contributed by atoms with Crippen molar-refractivity contribution in [3.8, 4) is 17.3 Å². The highest BCUT2D eigenvalue weighted by atomic mass is 19.1. The molecule has 4 rings (SSSR count). The number of aryl methyl sites for hydroxylation is 1. The minimum Gasteiger partial charge on any atom is -0.483 e. The molecule has 30 heavy (non-hydrogen) atoms. The van der Waals surface area contributed by atoms with Crippen LogP contribution in [0.2, 0.25) is 0 Å². The van der Waals surface area contributed by atoms with E-state index in [2.05, 4.69) is 20.3 Å². The lowest BCUT2D eigenvalue weighted by atomic mass is 10.1. The molecule has 2 heterocycles. The third-order valence-corrected chi connectivity index (χ3v) is 4.37. The summed E-state index contributed by atoms with van der Waals surface area (Å²) in [6, 6.07) is 15.6. The lowest BCUT2D eigenvalue weighted by Gasteiger charge is -2.11. The summed E-state index contributed by atoms with van der Waals surface area (Å²) in [7, 11) is 1.68. The molecule has 0 amide bonds. The predicted octanol–water partition coefficient (Wildman–Crippen LogP) is 3.07. The van der Waals surface area contributed by atoms with Gasteiger partial charge in [0.15, 0.2) is 11.4 Å². The van der Waals surface area contributed by atoms with Gasteiger partial charge in [-0.05, 0) is 23.3 Å². The van der Waals surface area contributed by atoms with Crippen molar-refractivity contribution in [3.63, 3.8) is 0 Å². The second-order valence-corrected chi connectivity index (χ2v) is 6.54. The molecule has 0 atom stereocenters. The van der Waals surface area contributed by atoms with Gasteiger partial charge >= 0.3 is 0 Å². The fourth-order valence-electron chi connectivity index (χ4n) is 2.85. The molecule has 8 nitrogen and oxygen atoms in total. The van der Waals surface area contributed by atoms with Crippen LogP contribution in [0, 0.1) is 5.82 Å².